The van der Waals surface area contributed by atoms with Crippen LogP contribution in [0.1, 0.15) is 53.6 Å². The van der Waals surface area contributed by atoms with Crippen LogP contribution in [0, 0.1) is 17.2 Å². The van der Waals surface area contributed by atoms with E-state index in [1.807, 2.05) is 0 Å². The number of hydrogen-bond acceptors (Lipinski definition) is 2. The van der Waals surface area contributed by atoms with Gasteiger partial charge in [0.15, 0.2) is 0 Å². The van der Waals surface area contributed by atoms with Crippen molar-refractivity contribution in [3.8, 4) is 0 Å². The first-order valence-corrected chi connectivity index (χ1v) is 9.62. The predicted molar refractivity (Wildman–Crippen MR) is 98.6 cm³/mol. The third-order valence-corrected chi connectivity index (χ3v) is 6.22. The van der Waals surface area contributed by atoms with Crippen molar-refractivity contribution in [3.63, 3.8) is 0 Å². The molecule has 0 radical (unpaired) electrons. The van der Waals surface area contributed by atoms with Crippen LogP contribution in [-0.2, 0) is 19.0 Å². The molecule has 0 saturated heterocycles. The van der Waals surface area contributed by atoms with Crippen LogP contribution >= 0.6 is 11.3 Å². The van der Waals surface area contributed by atoms with Crippen LogP contribution in [0.5, 0.6) is 0 Å². The van der Waals surface area contributed by atoms with Crippen molar-refractivity contribution in [2.24, 2.45) is 11.3 Å². The van der Waals surface area contributed by atoms with E-state index in [0.717, 1.165) is 35.8 Å². The van der Waals surface area contributed by atoms with E-state index in [4.69, 9.17) is 0 Å². The monoisotopic (exact) mass is 399 g/mol. The highest BCUT2D eigenvalue weighted by Crippen LogP contribution is 2.41. The predicted octanol–water partition coefficient (Wildman–Crippen LogP) is 6.31. The first-order valence-electron chi connectivity index (χ1n) is 8.74. The Morgan fingerprint density at radius 3 is 2.56 bits per heavy atom. The van der Waals surface area contributed by atoms with Gasteiger partial charge in [-0.25, -0.2) is 4.39 Å². The van der Waals surface area contributed by atoms with E-state index in [1.54, 1.807) is 5.38 Å². The molecule has 1 aliphatic carbocycles. The number of thiophene rings is 1. The summed E-state index contributed by atoms with van der Waals surface area (Å²) in [4.78, 5) is 13.7. The highest BCUT2D eigenvalue weighted by atomic mass is 32.1. The van der Waals surface area contributed by atoms with Crippen molar-refractivity contribution >= 4 is 22.9 Å². The zero-order valence-electron chi connectivity index (χ0n) is 15.3. The van der Waals surface area contributed by atoms with E-state index in [0.29, 0.717) is 23.6 Å². The molecular formula is C20H21F4NOS. The maximum atomic E-state index is 13.9. The van der Waals surface area contributed by atoms with Crippen LogP contribution in [0.15, 0.2) is 23.6 Å². The fourth-order valence-corrected chi connectivity index (χ4v) is 4.59. The summed E-state index contributed by atoms with van der Waals surface area (Å²) in [6.45, 7) is 6.58. The Bertz CT molecular complexity index is 864. The Morgan fingerprint density at radius 2 is 1.93 bits per heavy atom. The highest BCUT2D eigenvalue weighted by molar-refractivity contribution is 7.10. The lowest BCUT2D eigenvalue weighted by Gasteiger charge is -2.34. The Hall–Kier alpha value is -1.89. The molecule has 27 heavy (non-hydrogen) atoms. The zero-order valence-corrected chi connectivity index (χ0v) is 16.2. The number of alkyl halides is 3. The lowest BCUT2D eigenvalue weighted by Crippen LogP contribution is -2.27. The van der Waals surface area contributed by atoms with Gasteiger partial charge in [0.1, 0.15) is 5.82 Å². The van der Waals surface area contributed by atoms with Gasteiger partial charge in [0.25, 0.3) is 5.91 Å². The van der Waals surface area contributed by atoms with Crippen molar-refractivity contribution in [1.82, 2.24) is 0 Å². The van der Waals surface area contributed by atoms with Crippen molar-refractivity contribution in [2.75, 3.05) is 5.32 Å². The number of amides is 1. The van der Waals surface area contributed by atoms with E-state index >= 15 is 0 Å². The molecule has 1 atom stereocenters. The van der Waals surface area contributed by atoms with Crippen LogP contribution in [-0.4, -0.2) is 5.91 Å². The molecule has 0 bridgehead atoms. The third-order valence-electron chi connectivity index (χ3n) is 5.17. The second-order valence-corrected chi connectivity index (χ2v) is 8.97. The van der Waals surface area contributed by atoms with Crippen LogP contribution in [0.3, 0.4) is 0 Å². The molecule has 1 amide bonds. The summed E-state index contributed by atoms with van der Waals surface area (Å²) in [5, 5.41) is 4.03. The van der Waals surface area contributed by atoms with Gasteiger partial charge in [-0.1, -0.05) is 20.8 Å². The fraction of sp³-hybridized carbons (Fsp3) is 0.450. The maximum Gasteiger partial charge on any atom is 0.416 e. The van der Waals surface area contributed by atoms with Crippen LogP contribution < -0.4 is 5.32 Å². The molecule has 2 nitrogen and oxygen atoms in total. The van der Waals surface area contributed by atoms with Gasteiger partial charge in [0, 0.05) is 10.3 Å². The SMILES string of the molecule is CC(C)(C)C1CCc2c(C(=O)Nc3cc(C(F)(F)F)ccc3F)csc2C1. The molecule has 1 aromatic heterocycles. The van der Waals surface area contributed by atoms with Gasteiger partial charge in [-0.05, 0) is 54.4 Å². The molecule has 146 valence electrons. The van der Waals surface area contributed by atoms with Gasteiger partial charge in [0.2, 0.25) is 0 Å². The summed E-state index contributed by atoms with van der Waals surface area (Å²) in [6.07, 6.45) is -2.02. The fourth-order valence-electron chi connectivity index (χ4n) is 3.43. The van der Waals surface area contributed by atoms with E-state index in [2.05, 4.69) is 26.1 Å². The number of benzene rings is 1. The summed E-state index contributed by atoms with van der Waals surface area (Å²) in [5.41, 5.74) is 0.0768. The van der Waals surface area contributed by atoms with Crippen LogP contribution in [0.2, 0.25) is 0 Å². The molecule has 0 aliphatic heterocycles. The van der Waals surface area contributed by atoms with E-state index in [-0.39, 0.29) is 5.41 Å². The standard InChI is InChI=1S/C20H21F4NOS/c1-19(2,3)11-4-6-13-14(10-27-17(13)9-11)18(26)25-16-8-12(20(22,23)24)5-7-15(16)21/h5,7-8,10-11H,4,6,9H2,1-3H3,(H,25,26). The summed E-state index contributed by atoms with van der Waals surface area (Å²) >= 11 is 1.49. The quantitative estimate of drug-likeness (QED) is 0.589. The van der Waals surface area contributed by atoms with Gasteiger partial charge in [0.05, 0.1) is 16.8 Å². The molecule has 0 saturated carbocycles. The van der Waals surface area contributed by atoms with Crippen molar-refractivity contribution in [1.29, 1.82) is 0 Å². The minimum absolute atomic E-state index is 0.172. The van der Waals surface area contributed by atoms with E-state index in [9.17, 15) is 22.4 Å². The zero-order chi connectivity index (χ0) is 20.0. The number of hydrogen-bond donors (Lipinski definition) is 1. The topological polar surface area (TPSA) is 29.1 Å². The number of carbonyl (C=O) groups excluding carboxylic acids is 1. The van der Waals surface area contributed by atoms with Crippen molar-refractivity contribution in [2.45, 2.75) is 46.2 Å². The summed E-state index contributed by atoms with van der Waals surface area (Å²) < 4.78 is 52.4. The Kier molecular flexibility index (Phi) is 5.10. The number of nitrogens with one attached hydrogen (secondary N) is 1. The molecule has 0 fully saturated rings. The van der Waals surface area contributed by atoms with Crippen LogP contribution in [0.25, 0.3) is 0 Å². The molecule has 1 heterocycles. The van der Waals surface area contributed by atoms with E-state index < -0.39 is 29.2 Å². The van der Waals surface area contributed by atoms with Gasteiger partial charge in [-0.2, -0.15) is 13.2 Å². The number of carbonyl (C=O) groups is 1. The molecule has 1 N–H and O–H groups in total. The molecule has 7 heteroatoms. The largest absolute Gasteiger partial charge is 0.416 e. The molecule has 1 unspecified atom stereocenters. The Balaban J connectivity index is 1.82. The smallest absolute Gasteiger partial charge is 0.319 e. The average Bonchev–Trinajstić information content (AvgIpc) is 2.98. The van der Waals surface area contributed by atoms with E-state index in [1.165, 1.54) is 11.3 Å². The van der Waals surface area contributed by atoms with Gasteiger partial charge < -0.3 is 5.32 Å². The minimum atomic E-state index is -4.60. The number of fused-ring (bicyclic) bond motifs is 1. The molecule has 2 aromatic rings. The summed E-state index contributed by atoms with van der Waals surface area (Å²) in [7, 11) is 0. The number of halogens is 4. The maximum absolute atomic E-state index is 13.9. The second-order valence-electron chi connectivity index (χ2n) is 8.00. The molecule has 3 rings (SSSR count). The van der Waals surface area contributed by atoms with Gasteiger partial charge in [-0.15, -0.1) is 11.3 Å². The molecular weight excluding hydrogens is 378 g/mol. The lowest BCUT2D eigenvalue weighted by molar-refractivity contribution is -0.137. The first-order chi connectivity index (χ1) is 12.5. The van der Waals surface area contributed by atoms with Crippen LogP contribution in [0.4, 0.5) is 23.2 Å². The Labute approximate surface area is 159 Å². The lowest BCUT2D eigenvalue weighted by atomic mass is 9.72. The van der Waals surface area contributed by atoms with Gasteiger partial charge >= 0.3 is 6.18 Å². The molecule has 1 aromatic carbocycles. The Morgan fingerprint density at radius 1 is 1.22 bits per heavy atom. The second kappa shape index (κ2) is 6.93. The highest BCUT2D eigenvalue weighted by Gasteiger charge is 2.33. The number of rotatable bonds is 2. The molecule has 0 spiro atoms. The third kappa shape index (κ3) is 4.18. The minimum Gasteiger partial charge on any atom is -0.319 e. The number of anilines is 1. The van der Waals surface area contributed by atoms with Crippen molar-refractivity contribution in [3.05, 3.63) is 51.0 Å². The first kappa shape index (κ1) is 19.9. The summed E-state index contributed by atoms with van der Waals surface area (Å²) in [5.74, 6) is -0.950. The van der Waals surface area contributed by atoms with Crippen molar-refractivity contribution < 1.29 is 22.4 Å². The van der Waals surface area contributed by atoms with Gasteiger partial charge in [-0.3, -0.25) is 4.79 Å². The average molecular weight is 399 g/mol. The molecule has 1 aliphatic rings. The summed E-state index contributed by atoms with van der Waals surface area (Å²) in [6, 6.07) is 2.00. The normalized spacial score (nSPS) is 17.5.